The van der Waals surface area contributed by atoms with Crippen LogP contribution < -0.4 is 0 Å². The summed E-state index contributed by atoms with van der Waals surface area (Å²) in [6, 6.07) is 0. The lowest BCUT2D eigenvalue weighted by molar-refractivity contribution is -0.138. The van der Waals surface area contributed by atoms with E-state index < -0.39 is 0 Å². The minimum absolute atomic E-state index is 0.0153. The molecule has 3 aliphatic rings. The van der Waals surface area contributed by atoms with Gasteiger partial charge >= 0.3 is 0 Å². The molecule has 0 spiro atoms. The maximum absolute atomic E-state index is 11.6. The SMILES string of the molecule is CC(C)(C)N1CCCC1=O.CC(C)(C)N1CCCCC1=O.CC(C)(C)N1CCCCCC1=O. The van der Waals surface area contributed by atoms with E-state index >= 15 is 0 Å². The maximum atomic E-state index is 11.6. The predicted octanol–water partition coefficient (Wildman–Crippen LogP) is 5.39. The third kappa shape index (κ3) is 10.1. The van der Waals surface area contributed by atoms with Crippen molar-refractivity contribution in [2.75, 3.05) is 19.6 Å². The van der Waals surface area contributed by atoms with Gasteiger partial charge in [0.2, 0.25) is 17.7 Å². The van der Waals surface area contributed by atoms with Crippen molar-refractivity contribution in [1.29, 1.82) is 0 Å². The molecule has 192 valence electrons. The topological polar surface area (TPSA) is 60.9 Å². The summed E-state index contributed by atoms with van der Waals surface area (Å²) in [5.74, 6) is 0.969. The number of hydrogen-bond donors (Lipinski definition) is 0. The minimum Gasteiger partial charge on any atom is -0.338 e. The molecule has 0 bridgehead atoms. The van der Waals surface area contributed by atoms with Gasteiger partial charge < -0.3 is 14.7 Å². The van der Waals surface area contributed by atoms with Gasteiger partial charge in [-0.1, -0.05) is 6.42 Å². The Bertz CT molecular complexity index is 653. The van der Waals surface area contributed by atoms with Crippen LogP contribution in [0, 0.1) is 0 Å². The fourth-order valence-corrected chi connectivity index (χ4v) is 4.56. The van der Waals surface area contributed by atoms with Gasteiger partial charge in [0, 0.05) is 55.5 Å². The third-order valence-electron chi connectivity index (χ3n) is 6.40. The van der Waals surface area contributed by atoms with Crippen molar-refractivity contribution in [2.24, 2.45) is 0 Å². The Hall–Kier alpha value is -1.59. The lowest BCUT2D eigenvalue weighted by Gasteiger charge is -2.38. The minimum atomic E-state index is 0.0153. The summed E-state index contributed by atoms with van der Waals surface area (Å²) < 4.78 is 0. The first-order valence-electron chi connectivity index (χ1n) is 13.0. The molecule has 0 radical (unpaired) electrons. The quantitative estimate of drug-likeness (QED) is 0.482. The number of rotatable bonds is 0. The van der Waals surface area contributed by atoms with Crippen LogP contribution in [-0.2, 0) is 14.4 Å². The molecule has 3 amide bonds. The van der Waals surface area contributed by atoms with Crippen molar-refractivity contribution in [3.05, 3.63) is 0 Å². The molecule has 3 heterocycles. The van der Waals surface area contributed by atoms with E-state index in [0.29, 0.717) is 17.7 Å². The van der Waals surface area contributed by atoms with Crippen LogP contribution in [-0.4, -0.2) is 68.7 Å². The van der Waals surface area contributed by atoms with E-state index in [1.165, 1.54) is 19.3 Å². The fraction of sp³-hybridized carbons (Fsp3) is 0.889. The summed E-state index contributed by atoms with van der Waals surface area (Å²) >= 11 is 0. The van der Waals surface area contributed by atoms with Crippen LogP contribution in [0.1, 0.15) is 120 Å². The first kappa shape index (κ1) is 29.4. The molecule has 6 heteroatoms. The Morgan fingerprint density at radius 1 is 0.424 bits per heavy atom. The van der Waals surface area contributed by atoms with Crippen LogP contribution in [0.3, 0.4) is 0 Å². The monoisotopic (exact) mass is 465 g/mol. The molecule has 6 nitrogen and oxygen atoms in total. The van der Waals surface area contributed by atoms with Crippen LogP contribution >= 0.6 is 0 Å². The molecule has 3 aliphatic heterocycles. The number of amides is 3. The van der Waals surface area contributed by atoms with Crippen LogP contribution in [0.2, 0.25) is 0 Å². The summed E-state index contributed by atoms with van der Waals surface area (Å²) in [5.41, 5.74) is 0.0759. The Morgan fingerprint density at radius 2 is 0.697 bits per heavy atom. The standard InChI is InChI=1S/C10H19NO.C9H17NO.C8H15NO/c1-10(2,3)11-8-6-4-5-7-9(11)12;1-9(2,3)10-7-5-4-6-8(10)11;1-8(2,3)9-6-4-5-7(9)10/h4-8H2,1-3H3;4-7H2,1-3H3;4-6H2,1-3H3. The van der Waals surface area contributed by atoms with E-state index in [0.717, 1.165) is 58.2 Å². The van der Waals surface area contributed by atoms with Gasteiger partial charge in [-0.2, -0.15) is 0 Å². The van der Waals surface area contributed by atoms with E-state index in [1.807, 2.05) is 14.7 Å². The van der Waals surface area contributed by atoms with E-state index in [4.69, 9.17) is 0 Å². The Labute approximate surface area is 203 Å². The number of likely N-dealkylation sites (tertiary alicyclic amines) is 3. The second-order valence-corrected chi connectivity index (χ2v) is 12.5. The van der Waals surface area contributed by atoms with Crippen molar-refractivity contribution in [3.8, 4) is 0 Å². The number of carbonyl (C=O) groups excluding carboxylic acids is 3. The number of hydrogen-bond acceptors (Lipinski definition) is 3. The lowest BCUT2D eigenvalue weighted by Crippen LogP contribution is -2.47. The summed E-state index contributed by atoms with van der Waals surface area (Å²) in [6.07, 6.45) is 8.98. The van der Waals surface area contributed by atoms with Gasteiger partial charge in [0.25, 0.3) is 0 Å². The first-order valence-corrected chi connectivity index (χ1v) is 13.0. The van der Waals surface area contributed by atoms with Crippen molar-refractivity contribution >= 4 is 17.7 Å². The Balaban J connectivity index is 0.000000249. The molecule has 0 N–H and O–H groups in total. The third-order valence-corrected chi connectivity index (χ3v) is 6.40. The molecule has 0 aromatic heterocycles. The molecule has 3 rings (SSSR count). The highest BCUT2D eigenvalue weighted by atomic mass is 16.2. The average Bonchev–Trinajstić information content (AvgIpc) is 2.98. The molecule has 0 saturated carbocycles. The van der Waals surface area contributed by atoms with Gasteiger partial charge in [-0.3, -0.25) is 14.4 Å². The number of piperidine rings is 1. The molecular weight excluding hydrogens is 414 g/mol. The smallest absolute Gasteiger partial charge is 0.223 e. The number of carbonyl (C=O) groups is 3. The van der Waals surface area contributed by atoms with Crippen LogP contribution in [0.25, 0.3) is 0 Å². The van der Waals surface area contributed by atoms with Gasteiger partial charge in [0.15, 0.2) is 0 Å². The molecule has 3 saturated heterocycles. The Kier molecular flexibility index (Phi) is 10.9. The van der Waals surface area contributed by atoms with Crippen LogP contribution in [0.5, 0.6) is 0 Å². The second-order valence-electron chi connectivity index (χ2n) is 12.5. The van der Waals surface area contributed by atoms with Crippen molar-refractivity contribution in [3.63, 3.8) is 0 Å². The summed E-state index contributed by atoms with van der Waals surface area (Å²) in [7, 11) is 0. The van der Waals surface area contributed by atoms with Crippen molar-refractivity contribution < 1.29 is 14.4 Å². The number of nitrogens with zero attached hydrogens (tertiary/aromatic N) is 3. The second kappa shape index (κ2) is 12.2. The van der Waals surface area contributed by atoms with E-state index in [1.54, 1.807) is 0 Å². The molecule has 0 aromatic carbocycles. The summed E-state index contributed by atoms with van der Waals surface area (Å²) in [5, 5.41) is 0. The molecule has 33 heavy (non-hydrogen) atoms. The van der Waals surface area contributed by atoms with Gasteiger partial charge in [-0.05, 0) is 94.4 Å². The molecule has 0 aromatic rings. The highest BCUT2D eigenvalue weighted by molar-refractivity contribution is 5.79. The van der Waals surface area contributed by atoms with Crippen LogP contribution in [0.4, 0.5) is 0 Å². The van der Waals surface area contributed by atoms with Gasteiger partial charge in [0.1, 0.15) is 0 Å². The molecular formula is C27H51N3O3. The average molecular weight is 466 g/mol. The molecule has 0 unspecified atom stereocenters. The normalized spacial score (nSPS) is 20.6. The van der Waals surface area contributed by atoms with E-state index in [2.05, 4.69) is 62.3 Å². The zero-order valence-corrected chi connectivity index (χ0v) is 23.1. The lowest BCUT2D eigenvalue weighted by atomic mass is 10.0. The molecule has 0 aliphatic carbocycles. The largest absolute Gasteiger partial charge is 0.338 e. The fourth-order valence-electron chi connectivity index (χ4n) is 4.56. The summed E-state index contributed by atoms with van der Waals surface area (Å²) in [4.78, 5) is 40.0. The van der Waals surface area contributed by atoms with E-state index in [9.17, 15) is 14.4 Å². The molecule has 0 atom stereocenters. The van der Waals surface area contributed by atoms with Crippen LogP contribution in [0.15, 0.2) is 0 Å². The van der Waals surface area contributed by atoms with Gasteiger partial charge in [-0.25, -0.2) is 0 Å². The van der Waals surface area contributed by atoms with Gasteiger partial charge in [-0.15, -0.1) is 0 Å². The zero-order valence-electron chi connectivity index (χ0n) is 23.1. The highest BCUT2D eigenvalue weighted by Crippen LogP contribution is 2.22. The van der Waals surface area contributed by atoms with Crippen molar-refractivity contribution in [1.82, 2.24) is 14.7 Å². The van der Waals surface area contributed by atoms with E-state index in [-0.39, 0.29) is 16.6 Å². The first-order chi connectivity index (χ1) is 15.0. The summed E-state index contributed by atoms with van der Waals surface area (Å²) in [6.45, 7) is 21.7. The zero-order chi connectivity index (χ0) is 25.4. The van der Waals surface area contributed by atoms with Gasteiger partial charge in [0.05, 0.1) is 0 Å². The van der Waals surface area contributed by atoms with Crippen molar-refractivity contribution in [2.45, 2.75) is 137 Å². The Morgan fingerprint density at radius 3 is 1.03 bits per heavy atom. The molecule has 3 fully saturated rings. The predicted molar refractivity (Wildman–Crippen MR) is 136 cm³/mol. The maximum Gasteiger partial charge on any atom is 0.223 e. The highest BCUT2D eigenvalue weighted by Gasteiger charge is 2.30.